The number of ether oxygens (including phenoxy) is 3. The molecule has 0 aromatic carbocycles. The second-order valence-electron chi connectivity index (χ2n) is 6.48. The van der Waals surface area contributed by atoms with Crippen molar-refractivity contribution in [3.05, 3.63) is 0 Å². The van der Waals surface area contributed by atoms with E-state index >= 15 is 0 Å². The summed E-state index contributed by atoms with van der Waals surface area (Å²) in [4.78, 5) is 6.01. The minimum atomic E-state index is -0.137. The Balaban J connectivity index is -0.0000000645. The third-order valence-electron chi connectivity index (χ3n) is 2.40. The molecule has 0 atom stereocenters. The van der Waals surface area contributed by atoms with Gasteiger partial charge in [-0.3, -0.25) is 14.7 Å². The lowest BCUT2D eigenvalue weighted by molar-refractivity contribution is -0.0947. The van der Waals surface area contributed by atoms with Crippen LogP contribution in [0, 0.1) is 5.41 Å². The number of hydrogen-bond donors (Lipinski definition) is 0. The van der Waals surface area contributed by atoms with Crippen molar-refractivity contribution >= 4 is 0 Å². The van der Waals surface area contributed by atoms with E-state index in [1.165, 1.54) is 0 Å². The fraction of sp³-hybridized carbons (Fsp3) is 1.00. The van der Waals surface area contributed by atoms with Crippen molar-refractivity contribution in [3.63, 3.8) is 0 Å². The fourth-order valence-electron chi connectivity index (χ4n) is 1.55. The van der Waals surface area contributed by atoms with Gasteiger partial charge >= 0.3 is 0 Å². The predicted molar refractivity (Wildman–Crippen MR) is 135 cm³/mol. The molecule has 0 aliphatic carbocycles. The second kappa shape index (κ2) is 31.5. The highest BCUT2D eigenvalue weighted by atomic mass is 16.5. The van der Waals surface area contributed by atoms with E-state index in [1.807, 2.05) is 57.0 Å². The molecule has 0 N–H and O–H groups in total. The topological polar surface area (TPSA) is 37.4 Å². The summed E-state index contributed by atoms with van der Waals surface area (Å²) in [7, 11) is 11.9. The maximum atomic E-state index is 5.71. The summed E-state index contributed by atoms with van der Waals surface area (Å²) < 4.78 is 17.1. The lowest BCUT2D eigenvalue weighted by Crippen LogP contribution is -2.37. The highest BCUT2D eigenvalue weighted by molar-refractivity contribution is 4.73. The zero-order valence-electron chi connectivity index (χ0n) is 14.3. The van der Waals surface area contributed by atoms with Crippen LogP contribution in [0.25, 0.3) is 0 Å². The summed E-state index contributed by atoms with van der Waals surface area (Å²) in [6.07, 6.45) is 0. The summed E-state index contributed by atoms with van der Waals surface area (Å²) in [5, 5.41) is 0. The third-order valence-corrected chi connectivity index (χ3v) is 2.40. The van der Waals surface area contributed by atoms with Crippen molar-refractivity contribution in [2.24, 2.45) is 5.41 Å². The smallest absolute Gasteiger partial charge is 0.0985 e. The number of hydrogen-bond acceptors (Lipinski definition) is 6. The Kier molecular flexibility index (Phi) is 63.5. The van der Waals surface area contributed by atoms with Crippen molar-refractivity contribution in [3.8, 4) is 0 Å². The van der Waals surface area contributed by atoms with E-state index in [0.717, 1.165) is 0 Å². The third kappa shape index (κ3) is 36.6. The molecule has 0 heterocycles. The average molecular weight is 420 g/mol. The van der Waals surface area contributed by atoms with Gasteiger partial charge in [-0.05, 0) is 42.3 Å². The maximum absolute atomic E-state index is 5.71. The molecule has 0 radical (unpaired) electrons. The molecule has 0 unspecified atom stereocenters. The Morgan fingerprint density at radius 2 is 0.643 bits per heavy atom. The normalized spacial score (nSPS) is 9.21. The molecule has 186 valence electrons. The van der Waals surface area contributed by atoms with Crippen LogP contribution in [0.2, 0.25) is 0 Å². The molecule has 0 spiro atoms. The van der Waals surface area contributed by atoms with E-state index < -0.39 is 0 Å². The molecule has 0 aliphatic heterocycles. The molecule has 0 saturated carbocycles. The quantitative estimate of drug-likeness (QED) is 0.378. The van der Waals surface area contributed by atoms with Gasteiger partial charge in [-0.15, -0.1) is 0 Å². The Morgan fingerprint density at radius 3 is 0.786 bits per heavy atom. The zero-order chi connectivity index (χ0) is 15.6. The van der Waals surface area contributed by atoms with Crippen LogP contribution in [0.1, 0.15) is 66.3 Å². The second-order valence-corrected chi connectivity index (χ2v) is 6.48. The van der Waals surface area contributed by atoms with Gasteiger partial charge in [-0.1, -0.05) is 66.3 Å². The van der Waals surface area contributed by atoms with E-state index in [1.54, 1.807) is 0 Å². The van der Waals surface area contributed by atoms with Crippen molar-refractivity contribution in [1.82, 2.24) is 14.7 Å². The van der Waals surface area contributed by atoms with Crippen molar-refractivity contribution in [2.45, 2.75) is 66.3 Å². The summed E-state index contributed by atoms with van der Waals surface area (Å²) in [6, 6.07) is 0. The summed E-state index contributed by atoms with van der Waals surface area (Å²) in [6.45, 7) is 5.81. The molecule has 6 heteroatoms. The lowest BCUT2D eigenvalue weighted by Gasteiger charge is -2.30. The standard InChI is InChI=1S/C14H33N3O3.8CH4/c1-14(8-18-11-15(2)3,9-19-12-16(4)5)10-20-13-17(6)7;;;;;;;;/h8-13H2,1-7H3;8*1H4. The van der Waals surface area contributed by atoms with Gasteiger partial charge in [0.05, 0.1) is 40.0 Å². The number of rotatable bonds is 12. The molecular weight excluding hydrogens is 354 g/mol. The van der Waals surface area contributed by atoms with Crippen LogP contribution >= 0.6 is 0 Å². The summed E-state index contributed by atoms with van der Waals surface area (Å²) in [5.41, 5.74) is -0.137. The molecule has 0 bridgehead atoms. The van der Waals surface area contributed by atoms with Crippen LogP contribution in [0.4, 0.5) is 0 Å². The molecule has 0 rings (SSSR count). The highest BCUT2D eigenvalue weighted by Crippen LogP contribution is 2.18. The first-order chi connectivity index (χ1) is 9.25. The molecule has 0 aromatic rings. The van der Waals surface area contributed by atoms with Crippen molar-refractivity contribution in [2.75, 3.05) is 82.3 Å². The zero-order valence-corrected chi connectivity index (χ0v) is 14.3. The highest BCUT2D eigenvalue weighted by Gasteiger charge is 2.26. The van der Waals surface area contributed by atoms with E-state index in [0.29, 0.717) is 40.0 Å². The van der Waals surface area contributed by atoms with Crippen LogP contribution in [0.15, 0.2) is 0 Å². The van der Waals surface area contributed by atoms with Crippen LogP contribution in [-0.2, 0) is 14.2 Å². The molecule has 0 aliphatic rings. The van der Waals surface area contributed by atoms with Gasteiger partial charge in [0, 0.05) is 5.41 Å². The van der Waals surface area contributed by atoms with E-state index in [-0.39, 0.29) is 64.8 Å². The Hall–Kier alpha value is -0.240. The van der Waals surface area contributed by atoms with Crippen LogP contribution in [0.5, 0.6) is 0 Å². The van der Waals surface area contributed by atoms with E-state index in [2.05, 4.69) is 6.92 Å². The molecule has 0 amide bonds. The first-order valence-corrected chi connectivity index (χ1v) is 6.92. The first kappa shape index (κ1) is 56.5. The van der Waals surface area contributed by atoms with Crippen LogP contribution in [0.3, 0.4) is 0 Å². The van der Waals surface area contributed by atoms with Crippen molar-refractivity contribution in [1.29, 1.82) is 0 Å². The average Bonchev–Trinajstić information content (AvgIpc) is 2.27. The SMILES string of the molecule is C.C.C.C.C.C.C.C.CN(C)COCC(C)(COCN(C)C)COCN(C)C. The van der Waals surface area contributed by atoms with Gasteiger partial charge in [-0.2, -0.15) is 0 Å². The summed E-state index contributed by atoms with van der Waals surface area (Å²) >= 11 is 0. The van der Waals surface area contributed by atoms with Crippen molar-refractivity contribution < 1.29 is 14.2 Å². The van der Waals surface area contributed by atoms with E-state index in [9.17, 15) is 0 Å². The molecule has 0 aromatic heterocycles. The van der Waals surface area contributed by atoms with Gasteiger partial charge in [0.2, 0.25) is 0 Å². The van der Waals surface area contributed by atoms with E-state index in [4.69, 9.17) is 14.2 Å². The summed E-state index contributed by atoms with van der Waals surface area (Å²) in [5.74, 6) is 0. The fourth-order valence-corrected chi connectivity index (χ4v) is 1.55. The van der Waals surface area contributed by atoms with Gasteiger partial charge in [0.15, 0.2) is 0 Å². The molecule has 0 fully saturated rings. The van der Waals surface area contributed by atoms with Crippen LogP contribution in [-0.4, -0.2) is 97.0 Å². The van der Waals surface area contributed by atoms with Crippen LogP contribution < -0.4 is 0 Å². The Bertz CT molecular complexity index is 203. The lowest BCUT2D eigenvalue weighted by atomic mass is 9.94. The minimum Gasteiger partial charge on any atom is -0.365 e. The van der Waals surface area contributed by atoms with Gasteiger partial charge in [-0.25, -0.2) is 0 Å². The monoisotopic (exact) mass is 420 g/mol. The van der Waals surface area contributed by atoms with Gasteiger partial charge in [0.25, 0.3) is 0 Å². The minimum absolute atomic E-state index is 0. The molecule has 6 nitrogen and oxygen atoms in total. The van der Waals surface area contributed by atoms with Gasteiger partial charge in [0.1, 0.15) is 0 Å². The molecule has 28 heavy (non-hydrogen) atoms. The van der Waals surface area contributed by atoms with Gasteiger partial charge < -0.3 is 14.2 Å². The number of nitrogens with zero attached hydrogens (tertiary/aromatic N) is 3. The molecule has 0 saturated heterocycles. The Morgan fingerprint density at radius 1 is 0.464 bits per heavy atom. The first-order valence-electron chi connectivity index (χ1n) is 6.92. The maximum Gasteiger partial charge on any atom is 0.0985 e. The Labute approximate surface area is 183 Å². The largest absolute Gasteiger partial charge is 0.365 e. The predicted octanol–water partition coefficient (Wildman–Crippen LogP) is 5.69. The molecular formula is C22H65N3O3.